The van der Waals surface area contributed by atoms with Crippen molar-refractivity contribution in [3.05, 3.63) is 58.6 Å². The summed E-state index contributed by atoms with van der Waals surface area (Å²) in [6, 6.07) is 10.1. The number of hydrogen-bond acceptors (Lipinski definition) is 4. The Morgan fingerprint density at radius 3 is 2.52 bits per heavy atom. The number of benzene rings is 2. The third-order valence-electron chi connectivity index (χ3n) is 4.45. The van der Waals surface area contributed by atoms with Crippen molar-refractivity contribution in [2.24, 2.45) is 0 Å². The summed E-state index contributed by atoms with van der Waals surface area (Å²) in [6.45, 7) is 1.83. The van der Waals surface area contributed by atoms with Gasteiger partial charge in [0, 0.05) is 36.3 Å². The Balaban J connectivity index is 1.41. The molecule has 1 fully saturated rings. The summed E-state index contributed by atoms with van der Waals surface area (Å²) in [5, 5.41) is 2.65. The minimum atomic E-state index is -0.540. The smallest absolute Gasteiger partial charge is 0.260 e. The lowest BCUT2D eigenvalue weighted by molar-refractivity contribution is -0.135. The van der Waals surface area contributed by atoms with E-state index in [2.05, 4.69) is 21.2 Å². The summed E-state index contributed by atoms with van der Waals surface area (Å²) in [5.41, 5.74) is 0.404. The largest absolute Gasteiger partial charge is 0.481 e. The van der Waals surface area contributed by atoms with Crippen molar-refractivity contribution in [3.8, 4) is 5.75 Å². The van der Waals surface area contributed by atoms with Gasteiger partial charge in [-0.3, -0.25) is 14.5 Å². The molecule has 0 atom stereocenters. The van der Waals surface area contributed by atoms with Crippen LogP contribution in [-0.2, 0) is 9.59 Å². The molecule has 2 amide bonds. The third-order valence-corrected chi connectivity index (χ3v) is 4.94. The maximum absolute atomic E-state index is 13.7. The Labute approximate surface area is 175 Å². The summed E-state index contributed by atoms with van der Waals surface area (Å²) >= 11 is 3.16. The van der Waals surface area contributed by atoms with Crippen LogP contribution in [0.15, 0.2) is 46.9 Å². The van der Waals surface area contributed by atoms with Gasteiger partial charge in [-0.1, -0.05) is 22.0 Å². The van der Waals surface area contributed by atoms with Crippen molar-refractivity contribution < 1.29 is 23.1 Å². The molecule has 0 unspecified atom stereocenters. The quantitative estimate of drug-likeness (QED) is 0.709. The van der Waals surface area contributed by atoms with Crippen LogP contribution in [0.3, 0.4) is 0 Å². The number of anilines is 1. The Bertz CT molecular complexity index is 889. The fourth-order valence-electron chi connectivity index (χ4n) is 2.95. The van der Waals surface area contributed by atoms with Gasteiger partial charge in [-0.15, -0.1) is 0 Å². The zero-order chi connectivity index (χ0) is 20.8. The lowest BCUT2D eigenvalue weighted by Crippen LogP contribution is -2.51. The van der Waals surface area contributed by atoms with E-state index in [1.165, 1.54) is 30.3 Å². The lowest BCUT2D eigenvalue weighted by atomic mass is 10.3. The van der Waals surface area contributed by atoms with Gasteiger partial charge < -0.3 is 15.0 Å². The minimum absolute atomic E-state index is 0.0224. The van der Waals surface area contributed by atoms with Gasteiger partial charge in [0.1, 0.15) is 5.82 Å². The number of hydrogen-bond donors (Lipinski definition) is 1. The summed E-state index contributed by atoms with van der Waals surface area (Å²) in [7, 11) is 0. The first-order valence-electron chi connectivity index (χ1n) is 9.04. The highest BCUT2D eigenvalue weighted by Gasteiger charge is 2.23. The van der Waals surface area contributed by atoms with E-state index in [4.69, 9.17) is 4.74 Å². The maximum atomic E-state index is 13.7. The second kappa shape index (κ2) is 9.80. The van der Waals surface area contributed by atoms with Crippen LogP contribution in [0.4, 0.5) is 14.5 Å². The molecule has 0 saturated carbocycles. The normalized spacial score (nSPS) is 14.5. The number of ether oxygens (including phenoxy) is 1. The Kier molecular flexibility index (Phi) is 7.16. The van der Waals surface area contributed by atoms with E-state index in [1.807, 2.05) is 4.90 Å². The molecular weight excluding hydrogens is 448 g/mol. The fraction of sp³-hybridized carbons (Fsp3) is 0.300. The summed E-state index contributed by atoms with van der Waals surface area (Å²) < 4.78 is 32.8. The van der Waals surface area contributed by atoms with Crippen molar-refractivity contribution in [1.82, 2.24) is 9.80 Å². The highest BCUT2D eigenvalue weighted by molar-refractivity contribution is 9.10. The highest BCUT2D eigenvalue weighted by Crippen LogP contribution is 2.21. The van der Waals surface area contributed by atoms with Crippen molar-refractivity contribution >= 4 is 33.4 Å². The first-order valence-corrected chi connectivity index (χ1v) is 9.83. The van der Waals surface area contributed by atoms with E-state index in [9.17, 15) is 18.4 Å². The number of carbonyl (C=O) groups excluding carboxylic acids is 2. The van der Waals surface area contributed by atoms with E-state index in [-0.39, 0.29) is 30.7 Å². The van der Waals surface area contributed by atoms with Crippen molar-refractivity contribution in [2.75, 3.05) is 44.6 Å². The Hall–Kier alpha value is -2.52. The number of carbonyl (C=O) groups is 2. The molecule has 2 aromatic carbocycles. The molecule has 1 aliphatic rings. The molecule has 3 rings (SSSR count). The van der Waals surface area contributed by atoms with Gasteiger partial charge in [-0.25, -0.2) is 8.78 Å². The molecule has 2 aromatic rings. The van der Waals surface area contributed by atoms with E-state index in [0.717, 1.165) is 0 Å². The second-order valence-corrected chi connectivity index (χ2v) is 7.49. The van der Waals surface area contributed by atoms with Crippen LogP contribution in [0.1, 0.15) is 0 Å². The van der Waals surface area contributed by atoms with Crippen LogP contribution in [0.25, 0.3) is 0 Å². The van der Waals surface area contributed by atoms with E-state index < -0.39 is 11.6 Å². The van der Waals surface area contributed by atoms with E-state index in [1.54, 1.807) is 17.0 Å². The topological polar surface area (TPSA) is 61.9 Å². The third kappa shape index (κ3) is 6.23. The van der Waals surface area contributed by atoms with Crippen LogP contribution >= 0.6 is 15.9 Å². The Morgan fingerprint density at radius 1 is 1.07 bits per heavy atom. The lowest BCUT2D eigenvalue weighted by Gasteiger charge is -2.34. The molecule has 9 heteroatoms. The van der Waals surface area contributed by atoms with Gasteiger partial charge in [0.15, 0.2) is 18.2 Å². The summed E-state index contributed by atoms with van der Waals surface area (Å²) in [4.78, 5) is 27.9. The van der Waals surface area contributed by atoms with Crippen LogP contribution in [0.2, 0.25) is 0 Å². The van der Waals surface area contributed by atoms with Crippen molar-refractivity contribution in [1.29, 1.82) is 0 Å². The first kappa shape index (κ1) is 21.2. The van der Waals surface area contributed by atoms with Crippen molar-refractivity contribution in [2.45, 2.75) is 0 Å². The molecule has 0 bridgehead atoms. The molecular formula is C20H20BrF2N3O3. The second-order valence-electron chi connectivity index (χ2n) is 6.58. The standard InChI is InChI=1S/C20H20BrF2N3O3/c21-14-4-5-18(17(23)10-14)29-13-20(28)26-8-6-25(7-9-26)12-19(27)24-16-3-1-2-15(22)11-16/h1-5,10-11H,6-9,12-13H2,(H,24,27). The number of nitrogens with zero attached hydrogens (tertiary/aromatic N) is 2. The molecule has 1 saturated heterocycles. The molecule has 1 heterocycles. The molecule has 0 spiro atoms. The fourth-order valence-corrected chi connectivity index (χ4v) is 3.28. The van der Waals surface area contributed by atoms with Gasteiger partial charge in [0.2, 0.25) is 5.91 Å². The van der Waals surface area contributed by atoms with Gasteiger partial charge in [-0.2, -0.15) is 0 Å². The zero-order valence-electron chi connectivity index (χ0n) is 15.5. The molecule has 1 aliphatic heterocycles. The Morgan fingerprint density at radius 2 is 1.83 bits per heavy atom. The first-order chi connectivity index (χ1) is 13.9. The zero-order valence-corrected chi connectivity index (χ0v) is 17.1. The van der Waals surface area contributed by atoms with Crippen LogP contribution in [0.5, 0.6) is 5.75 Å². The van der Waals surface area contributed by atoms with Gasteiger partial charge in [0.05, 0.1) is 6.54 Å². The molecule has 154 valence electrons. The van der Waals surface area contributed by atoms with Crippen LogP contribution < -0.4 is 10.1 Å². The number of rotatable bonds is 6. The van der Waals surface area contributed by atoms with Crippen molar-refractivity contribution in [3.63, 3.8) is 0 Å². The van der Waals surface area contributed by atoms with Gasteiger partial charge in [-0.05, 0) is 36.4 Å². The average molecular weight is 468 g/mol. The number of amides is 2. The van der Waals surface area contributed by atoms with E-state index >= 15 is 0 Å². The monoisotopic (exact) mass is 467 g/mol. The highest BCUT2D eigenvalue weighted by atomic mass is 79.9. The molecule has 0 radical (unpaired) electrons. The molecule has 0 aliphatic carbocycles. The number of piperazine rings is 1. The molecule has 0 aromatic heterocycles. The number of halogens is 3. The van der Waals surface area contributed by atoms with Gasteiger partial charge >= 0.3 is 0 Å². The van der Waals surface area contributed by atoms with Crippen LogP contribution in [-0.4, -0.2) is 60.9 Å². The summed E-state index contributed by atoms with van der Waals surface area (Å²) in [5.74, 6) is -1.42. The predicted octanol–water partition coefficient (Wildman–Crippen LogP) is 2.89. The molecule has 29 heavy (non-hydrogen) atoms. The minimum Gasteiger partial charge on any atom is -0.481 e. The molecule has 6 nitrogen and oxygen atoms in total. The average Bonchev–Trinajstić information content (AvgIpc) is 2.67. The maximum Gasteiger partial charge on any atom is 0.260 e. The SMILES string of the molecule is O=C(CN1CCN(C(=O)COc2ccc(Br)cc2F)CC1)Nc1cccc(F)c1. The predicted molar refractivity (Wildman–Crippen MR) is 108 cm³/mol. The van der Waals surface area contributed by atoms with Gasteiger partial charge in [0.25, 0.3) is 5.91 Å². The summed E-state index contributed by atoms with van der Waals surface area (Å²) in [6.07, 6.45) is 0. The van der Waals surface area contributed by atoms with Crippen LogP contribution in [0, 0.1) is 11.6 Å². The number of nitrogens with one attached hydrogen (secondary N) is 1. The molecule has 1 N–H and O–H groups in total. The van der Waals surface area contributed by atoms with E-state index in [0.29, 0.717) is 36.3 Å².